The number of nitrogens with zero attached hydrogens (tertiary/aromatic N) is 2. The van der Waals surface area contributed by atoms with Crippen LogP contribution in [0.15, 0.2) is 53.5 Å². The number of methoxy groups -OCH3 is 1. The Hall–Kier alpha value is -3.37. The van der Waals surface area contributed by atoms with Crippen LogP contribution >= 0.6 is 11.6 Å². The summed E-state index contributed by atoms with van der Waals surface area (Å²) < 4.78 is 11.3. The summed E-state index contributed by atoms with van der Waals surface area (Å²) in [6, 6.07) is 12.9. The highest BCUT2D eigenvalue weighted by Crippen LogP contribution is 2.31. The number of H-pyrrole nitrogens is 2. The number of rotatable bonds is 7. The molecular formula is C27H30ClN5O4. The molecular weight excluding hydrogens is 494 g/mol. The van der Waals surface area contributed by atoms with Crippen molar-refractivity contribution in [2.75, 3.05) is 43.6 Å². The van der Waals surface area contributed by atoms with Crippen LogP contribution in [-0.4, -0.2) is 59.2 Å². The molecule has 5 rings (SSSR count). The monoisotopic (exact) mass is 523 g/mol. The number of halogens is 1. The van der Waals surface area contributed by atoms with Crippen molar-refractivity contribution in [1.29, 1.82) is 0 Å². The third-order valence-electron chi connectivity index (χ3n) is 6.72. The van der Waals surface area contributed by atoms with Gasteiger partial charge in [0.2, 0.25) is 0 Å². The lowest BCUT2D eigenvalue weighted by Gasteiger charge is -2.40. The van der Waals surface area contributed by atoms with Gasteiger partial charge in [-0.15, -0.1) is 0 Å². The molecule has 37 heavy (non-hydrogen) atoms. The second-order valence-corrected chi connectivity index (χ2v) is 9.84. The van der Waals surface area contributed by atoms with Crippen LogP contribution in [0.2, 0.25) is 5.02 Å². The first-order valence-electron chi connectivity index (χ1n) is 12.1. The summed E-state index contributed by atoms with van der Waals surface area (Å²) in [5.74, 6) is -0.228. The Bertz CT molecular complexity index is 1490. The fourth-order valence-corrected chi connectivity index (χ4v) is 4.86. The van der Waals surface area contributed by atoms with Crippen LogP contribution < -0.4 is 15.8 Å². The third-order valence-corrected chi connectivity index (χ3v) is 6.96. The molecule has 2 aromatic carbocycles. The molecule has 9 nitrogen and oxygen atoms in total. The molecule has 0 radical (unpaired) electrons. The predicted octanol–water partition coefficient (Wildman–Crippen LogP) is 4.22. The van der Waals surface area contributed by atoms with E-state index in [1.54, 1.807) is 43.6 Å². The quantitative estimate of drug-likeness (QED) is 0.286. The molecule has 1 saturated heterocycles. The standard InChI is InChI=1S/C27H30ClN5O4/c1-16-11-19(33-9-10-37-27(2,15-33)36-3)13-21-24(16)32-25(31-21)23-20(7-8-29-26(23)35)30-14-22(34)17-5-4-6-18(28)12-17/h4-8,11-13,22,34H,9-10,14-15H2,1-3H3,(H,31,32)(H2,29,30,35)/t22-,27+/m1/s1. The first kappa shape index (κ1) is 25.3. The number of nitrogens with one attached hydrogen (secondary N) is 3. The maximum Gasteiger partial charge on any atom is 0.261 e. The number of aliphatic hydroxyl groups excluding tert-OH is 1. The minimum Gasteiger partial charge on any atom is -0.387 e. The molecule has 1 aliphatic heterocycles. The molecule has 10 heteroatoms. The Morgan fingerprint density at radius 3 is 2.95 bits per heavy atom. The van der Waals surface area contributed by atoms with Gasteiger partial charge in [0, 0.05) is 37.1 Å². The molecule has 1 fully saturated rings. The van der Waals surface area contributed by atoms with Gasteiger partial charge in [0.1, 0.15) is 11.4 Å². The zero-order valence-electron chi connectivity index (χ0n) is 21.0. The van der Waals surface area contributed by atoms with Crippen LogP contribution in [0.1, 0.15) is 24.2 Å². The number of aryl methyl sites for hydroxylation is 1. The number of aromatic amines is 2. The van der Waals surface area contributed by atoms with Crippen LogP contribution in [0.3, 0.4) is 0 Å². The van der Waals surface area contributed by atoms with Gasteiger partial charge in [-0.1, -0.05) is 23.7 Å². The normalized spacial score (nSPS) is 18.8. The average Bonchev–Trinajstić information content (AvgIpc) is 3.31. The topological polar surface area (TPSA) is 115 Å². The van der Waals surface area contributed by atoms with E-state index in [0.29, 0.717) is 40.8 Å². The highest BCUT2D eigenvalue weighted by atomic mass is 35.5. The molecule has 1 aliphatic rings. The van der Waals surface area contributed by atoms with Gasteiger partial charge in [-0.25, -0.2) is 4.98 Å². The second-order valence-electron chi connectivity index (χ2n) is 9.40. The summed E-state index contributed by atoms with van der Waals surface area (Å²) in [5, 5.41) is 14.4. The number of aliphatic hydroxyl groups is 1. The maximum absolute atomic E-state index is 12.9. The lowest BCUT2D eigenvalue weighted by molar-refractivity contribution is -0.213. The number of pyridine rings is 1. The predicted molar refractivity (Wildman–Crippen MR) is 145 cm³/mol. The van der Waals surface area contributed by atoms with Crippen molar-refractivity contribution >= 4 is 34.0 Å². The van der Waals surface area contributed by atoms with E-state index >= 15 is 0 Å². The molecule has 3 heterocycles. The minimum atomic E-state index is -0.808. The molecule has 2 aromatic heterocycles. The van der Waals surface area contributed by atoms with Crippen LogP contribution in [0, 0.1) is 6.92 Å². The average molecular weight is 524 g/mol. The maximum atomic E-state index is 12.9. The van der Waals surface area contributed by atoms with Crippen molar-refractivity contribution in [1.82, 2.24) is 15.0 Å². The second kappa shape index (κ2) is 10.2. The first-order chi connectivity index (χ1) is 17.8. The number of imidazole rings is 1. The summed E-state index contributed by atoms with van der Waals surface area (Å²) in [4.78, 5) is 26.0. The molecule has 0 bridgehead atoms. The smallest absolute Gasteiger partial charge is 0.261 e. The van der Waals surface area contributed by atoms with Crippen LogP contribution in [0.5, 0.6) is 0 Å². The van der Waals surface area contributed by atoms with Crippen molar-refractivity contribution in [2.45, 2.75) is 25.7 Å². The van der Waals surface area contributed by atoms with Gasteiger partial charge in [-0.2, -0.15) is 0 Å². The number of ether oxygens (including phenoxy) is 2. The lowest BCUT2D eigenvalue weighted by atomic mass is 10.1. The van der Waals surface area contributed by atoms with E-state index in [2.05, 4.69) is 26.3 Å². The van der Waals surface area contributed by atoms with E-state index in [1.165, 1.54) is 0 Å². The Balaban J connectivity index is 1.45. The van der Waals surface area contributed by atoms with E-state index < -0.39 is 11.9 Å². The van der Waals surface area contributed by atoms with Crippen molar-refractivity contribution in [3.05, 3.63) is 75.2 Å². The summed E-state index contributed by atoms with van der Waals surface area (Å²) in [6.07, 6.45) is 0.759. The molecule has 0 spiro atoms. The van der Waals surface area contributed by atoms with E-state index in [4.69, 9.17) is 26.1 Å². The SMILES string of the molecule is CO[C@]1(C)CN(c2cc(C)c3nc(-c4c(NC[C@@H](O)c5cccc(Cl)c5)cc[nH]c4=O)[nH]c3c2)CCO1. The Kier molecular flexibility index (Phi) is 6.96. The summed E-state index contributed by atoms with van der Waals surface area (Å²) >= 11 is 6.06. The molecule has 4 aromatic rings. The zero-order valence-corrected chi connectivity index (χ0v) is 21.7. The third kappa shape index (κ3) is 5.21. The molecule has 4 N–H and O–H groups in total. The van der Waals surface area contributed by atoms with E-state index in [9.17, 15) is 9.90 Å². The Morgan fingerprint density at radius 1 is 1.32 bits per heavy atom. The van der Waals surface area contributed by atoms with Gasteiger partial charge >= 0.3 is 0 Å². The summed E-state index contributed by atoms with van der Waals surface area (Å²) in [7, 11) is 1.65. The largest absolute Gasteiger partial charge is 0.387 e. The van der Waals surface area contributed by atoms with Crippen LogP contribution in [0.25, 0.3) is 22.4 Å². The molecule has 0 aliphatic carbocycles. The lowest BCUT2D eigenvalue weighted by Crippen LogP contribution is -2.51. The molecule has 194 valence electrons. The highest BCUT2D eigenvalue weighted by molar-refractivity contribution is 6.30. The fraction of sp³-hybridized carbons (Fsp3) is 0.333. The number of aromatic nitrogens is 3. The van der Waals surface area contributed by atoms with E-state index in [0.717, 1.165) is 28.8 Å². The van der Waals surface area contributed by atoms with E-state index in [-0.39, 0.29) is 12.1 Å². The number of hydrogen-bond donors (Lipinski definition) is 4. The Labute approximate surface area is 219 Å². The number of morpholine rings is 1. The van der Waals surface area contributed by atoms with Gasteiger partial charge in [-0.3, -0.25) is 4.79 Å². The van der Waals surface area contributed by atoms with Crippen molar-refractivity contribution < 1.29 is 14.6 Å². The van der Waals surface area contributed by atoms with Gasteiger partial charge in [0.25, 0.3) is 5.56 Å². The molecule has 0 amide bonds. The highest BCUT2D eigenvalue weighted by Gasteiger charge is 2.32. The van der Waals surface area contributed by atoms with Gasteiger partial charge < -0.3 is 34.8 Å². The molecule has 0 unspecified atom stereocenters. The first-order valence-corrected chi connectivity index (χ1v) is 12.5. The van der Waals surface area contributed by atoms with Gasteiger partial charge in [0.15, 0.2) is 5.79 Å². The van der Waals surface area contributed by atoms with Crippen molar-refractivity contribution in [3.8, 4) is 11.4 Å². The summed E-state index contributed by atoms with van der Waals surface area (Å²) in [6.45, 7) is 6.02. The number of fused-ring (bicyclic) bond motifs is 1. The minimum absolute atomic E-state index is 0.190. The van der Waals surface area contributed by atoms with Crippen LogP contribution in [-0.2, 0) is 9.47 Å². The van der Waals surface area contributed by atoms with Crippen LogP contribution in [0.4, 0.5) is 11.4 Å². The number of anilines is 2. The van der Waals surface area contributed by atoms with Crippen molar-refractivity contribution in [2.24, 2.45) is 0 Å². The molecule has 2 atom stereocenters. The zero-order chi connectivity index (χ0) is 26.2. The summed E-state index contributed by atoms with van der Waals surface area (Å²) in [5.41, 5.74) is 4.95. The Morgan fingerprint density at radius 2 is 2.16 bits per heavy atom. The van der Waals surface area contributed by atoms with E-state index in [1.807, 2.05) is 19.9 Å². The van der Waals surface area contributed by atoms with Crippen molar-refractivity contribution in [3.63, 3.8) is 0 Å². The van der Waals surface area contributed by atoms with Gasteiger partial charge in [0.05, 0.1) is 36.0 Å². The fourth-order valence-electron chi connectivity index (χ4n) is 4.66. The number of hydrogen-bond acceptors (Lipinski definition) is 7. The number of benzene rings is 2. The molecule has 0 saturated carbocycles. The van der Waals surface area contributed by atoms with Gasteiger partial charge in [-0.05, 0) is 55.3 Å².